The van der Waals surface area contributed by atoms with Gasteiger partial charge in [0.25, 0.3) is 0 Å². The number of phenolic OH excluding ortho intramolecular Hbond substituents is 1. The van der Waals surface area contributed by atoms with Crippen LogP contribution >= 0.6 is 0 Å². The molecule has 5 atom stereocenters. The van der Waals surface area contributed by atoms with Crippen LogP contribution in [-0.4, -0.2) is 69.8 Å². The van der Waals surface area contributed by atoms with E-state index in [1.54, 1.807) is 6.07 Å². The van der Waals surface area contributed by atoms with Gasteiger partial charge in [-0.2, -0.15) is 0 Å². The van der Waals surface area contributed by atoms with Crippen LogP contribution in [0.15, 0.2) is 30.3 Å². The van der Waals surface area contributed by atoms with Crippen molar-refractivity contribution in [3.63, 3.8) is 0 Å². The number of piperidine rings is 1. The molecule has 5 aliphatic rings. The molecule has 3 aliphatic carbocycles. The Hall–Kier alpha value is -2.57. The summed E-state index contributed by atoms with van der Waals surface area (Å²) in [6.07, 6.45) is 6.32. The molecule has 2 bridgehead atoms. The van der Waals surface area contributed by atoms with Crippen LogP contribution in [0.4, 0.5) is 0 Å². The van der Waals surface area contributed by atoms with Crippen molar-refractivity contribution in [2.24, 2.45) is 5.92 Å². The summed E-state index contributed by atoms with van der Waals surface area (Å²) in [5.41, 5.74) is 4.40. The zero-order valence-corrected chi connectivity index (χ0v) is 22.9. The quantitative estimate of drug-likeness (QED) is 0.607. The van der Waals surface area contributed by atoms with E-state index in [2.05, 4.69) is 36.9 Å². The number of nitrogens with zero attached hydrogens (tertiary/aromatic N) is 2. The molecular weight excluding hydrogens is 476 g/mol. The fraction of sp³-hybridized carbons (Fsp3) is 0.594. The molecule has 38 heavy (non-hydrogen) atoms. The Labute approximate surface area is 225 Å². The molecule has 2 aromatic rings. The van der Waals surface area contributed by atoms with Crippen molar-refractivity contribution in [2.45, 2.75) is 94.4 Å². The summed E-state index contributed by atoms with van der Waals surface area (Å²) >= 11 is 0. The first-order valence-corrected chi connectivity index (χ1v) is 14.5. The molecule has 2 N–H and O–H groups in total. The van der Waals surface area contributed by atoms with E-state index in [4.69, 9.17) is 4.74 Å². The molecule has 2 unspecified atom stereocenters. The summed E-state index contributed by atoms with van der Waals surface area (Å²) in [4.78, 5) is 18.0. The van der Waals surface area contributed by atoms with Crippen LogP contribution < -0.4 is 4.74 Å². The van der Waals surface area contributed by atoms with Gasteiger partial charge in [0.2, 0.25) is 5.91 Å². The SMILES string of the molecule is Cc1ccc(CCC(=O)N(C)C2CC[C@@]3(O)[C@H]4Cc5ccc(O)c6c5[C@@]3(CCN4CC3CC3)C2O6)cc1C. The molecule has 1 spiro atoms. The molecule has 1 saturated heterocycles. The largest absolute Gasteiger partial charge is 0.504 e. The Kier molecular flexibility index (Phi) is 5.45. The Morgan fingerprint density at radius 3 is 2.71 bits per heavy atom. The fourth-order valence-corrected chi connectivity index (χ4v) is 8.42. The number of phenols is 1. The van der Waals surface area contributed by atoms with Gasteiger partial charge < -0.3 is 19.8 Å². The lowest BCUT2D eigenvalue weighted by atomic mass is 9.48. The molecule has 1 amide bonds. The minimum atomic E-state index is -0.920. The highest BCUT2D eigenvalue weighted by atomic mass is 16.5. The lowest BCUT2D eigenvalue weighted by Crippen LogP contribution is -2.78. The van der Waals surface area contributed by atoms with E-state index in [1.165, 1.54) is 35.1 Å². The molecular formula is C32H40N2O4. The van der Waals surface area contributed by atoms with Crippen molar-refractivity contribution in [3.05, 3.63) is 58.1 Å². The normalized spacial score (nSPS) is 33.0. The predicted octanol–water partition coefficient (Wildman–Crippen LogP) is 4.03. The standard InChI is InChI=1S/C32H40N2O4/c1-19-4-5-21(16-20(19)2)8-11-27(36)33(3)24-12-13-32(37)26-17-23-9-10-25(35)29-28(23)31(32,30(24)38-29)14-15-34(26)18-22-6-7-22/h4-5,9-10,16,22,24,26,30,35,37H,6-8,11-15,17-18H2,1-3H3/t24?,26-,30?,31+,32-/m1/s1. The second-order valence-corrected chi connectivity index (χ2v) is 12.8. The fourth-order valence-electron chi connectivity index (χ4n) is 8.42. The molecule has 3 fully saturated rings. The molecule has 6 nitrogen and oxygen atoms in total. The van der Waals surface area contributed by atoms with Gasteiger partial charge in [-0.05, 0) is 99.6 Å². The van der Waals surface area contributed by atoms with E-state index in [-0.39, 0.29) is 29.8 Å². The summed E-state index contributed by atoms with van der Waals surface area (Å²) in [5, 5.41) is 23.5. The highest BCUT2D eigenvalue weighted by Crippen LogP contribution is 2.66. The Balaban J connectivity index is 1.20. The maximum atomic E-state index is 13.5. The number of benzene rings is 2. The van der Waals surface area contributed by atoms with Crippen molar-refractivity contribution < 1.29 is 19.7 Å². The van der Waals surface area contributed by atoms with Gasteiger partial charge in [-0.1, -0.05) is 24.3 Å². The highest BCUT2D eigenvalue weighted by Gasteiger charge is 2.73. The van der Waals surface area contributed by atoms with Gasteiger partial charge in [-0.3, -0.25) is 9.69 Å². The first kappa shape index (κ1) is 24.5. The number of likely N-dealkylation sites (N-methyl/N-ethyl adjacent to an activating group) is 1. The van der Waals surface area contributed by atoms with Gasteiger partial charge in [-0.15, -0.1) is 0 Å². The first-order valence-electron chi connectivity index (χ1n) is 14.5. The van der Waals surface area contributed by atoms with Crippen LogP contribution in [0.25, 0.3) is 0 Å². The molecule has 6 heteroatoms. The van der Waals surface area contributed by atoms with E-state index in [9.17, 15) is 15.0 Å². The third kappa shape index (κ3) is 3.35. The smallest absolute Gasteiger partial charge is 0.223 e. The second kappa shape index (κ2) is 8.46. The van der Waals surface area contributed by atoms with E-state index in [0.29, 0.717) is 31.4 Å². The third-order valence-corrected chi connectivity index (χ3v) is 10.8. The Morgan fingerprint density at radius 1 is 1.13 bits per heavy atom. The lowest BCUT2D eigenvalue weighted by Gasteiger charge is -2.64. The third-order valence-electron chi connectivity index (χ3n) is 10.8. The number of hydrogen-bond acceptors (Lipinski definition) is 5. The first-order chi connectivity index (χ1) is 18.2. The topological polar surface area (TPSA) is 73.2 Å². The van der Waals surface area contributed by atoms with Crippen LogP contribution in [0.1, 0.15) is 66.3 Å². The summed E-state index contributed by atoms with van der Waals surface area (Å²) < 4.78 is 6.66. The summed E-state index contributed by atoms with van der Waals surface area (Å²) in [7, 11) is 1.91. The number of amides is 1. The van der Waals surface area contributed by atoms with Crippen molar-refractivity contribution in [2.75, 3.05) is 20.1 Å². The summed E-state index contributed by atoms with van der Waals surface area (Å²) in [5.74, 6) is 1.56. The van der Waals surface area contributed by atoms with Crippen molar-refractivity contribution >= 4 is 5.91 Å². The monoisotopic (exact) mass is 516 g/mol. The van der Waals surface area contributed by atoms with Gasteiger partial charge in [0.15, 0.2) is 11.5 Å². The number of aromatic hydroxyl groups is 1. The number of aryl methyl sites for hydroxylation is 3. The molecule has 7 rings (SSSR count). The van der Waals surface area contributed by atoms with Crippen LogP contribution in [-0.2, 0) is 23.1 Å². The van der Waals surface area contributed by atoms with Crippen molar-refractivity contribution in [3.8, 4) is 11.5 Å². The number of hydrogen-bond donors (Lipinski definition) is 2. The summed E-state index contributed by atoms with van der Waals surface area (Å²) in [6.45, 7) is 6.21. The zero-order chi connectivity index (χ0) is 26.4. The minimum Gasteiger partial charge on any atom is -0.504 e. The Morgan fingerprint density at radius 2 is 1.95 bits per heavy atom. The maximum absolute atomic E-state index is 13.5. The molecule has 2 aromatic carbocycles. The highest BCUT2D eigenvalue weighted by molar-refractivity contribution is 5.77. The van der Waals surface area contributed by atoms with E-state index in [0.717, 1.165) is 37.4 Å². The number of ether oxygens (including phenoxy) is 1. The molecule has 2 aliphatic heterocycles. The lowest BCUT2D eigenvalue weighted by molar-refractivity contribution is -0.200. The van der Waals surface area contributed by atoms with Crippen LogP contribution in [0.5, 0.6) is 11.5 Å². The molecule has 2 saturated carbocycles. The Bertz CT molecular complexity index is 1300. The number of carbonyl (C=O) groups excluding carboxylic acids is 1. The van der Waals surface area contributed by atoms with Gasteiger partial charge in [-0.25, -0.2) is 0 Å². The van der Waals surface area contributed by atoms with Gasteiger partial charge in [0.1, 0.15) is 6.10 Å². The number of carbonyl (C=O) groups is 1. The van der Waals surface area contributed by atoms with Gasteiger partial charge in [0, 0.05) is 31.6 Å². The van der Waals surface area contributed by atoms with E-state index in [1.807, 2.05) is 18.0 Å². The molecule has 0 radical (unpaired) electrons. The average molecular weight is 517 g/mol. The van der Waals surface area contributed by atoms with E-state index >= 15 is 0 Å². The average Bonchev–Trinajstić information content (AvgIpc) is 3.64. The summed E-state index contributed by atoms with van der Waals surface area (Å²) in [6, 6.07) is 10.1. The number of rotatable bonds is 6. The number of aliphatic hydroxyl groups is 1. The molecule has 2 heterocycles. The van der Waals surface area contributed by atoms with Crippen LogP contribution in [0.3, 0.4) is 0 Å². The van der Waals surface area contributed by atoms with Crippen LogP contribution in [0, 0.1) is 19.8 Å². The zero-order valence-electron chi connectivity index (χ0n) is 22.9. The van der Waals surface area contributed by atoms with Crippen LogP contribution in [0.2, 0.25) is 0 Å². The van der Waals surface area contributed by atoms with E-state index < -0.39 is 11.0 Å². The van der Waals surface area contributed by atoms with Crippen molar-refractivity contribution in [1.29, 1.82) is 0 Å². The number of likely N-dealkylation sites (tertiary alicyclic amines) is 1. The van der Waals surface area contributed by atoms with Gasteiger partial charge >= 0.3 is 0 Å². The van der Waals surface area contributed by atoms with Crippen molar-refractivity contribution in [1.82, 2.24) is 9.80 Å². The second-order valence-electron chi connectivity index (χ2n) is 12.8. The molecule has 0 aromatic heterocycles. The maximum Gasteiger partial charge on any atom is 0.223 e. The van der Waals surface area contributed by atoms with Gasteiger partial charge in [0.05, 0.1) is 17.1 Å². The predicted molar refractivity (Wildman–Crippen MR) is 146 cm³/mol. The minimum absolute atomic E-state index is 0.0534. The molecule has 202 valence electrons.